The summed E-state index contributed by atoms with van der Waals surface area (Å²) in [5, 5.41) is 22.3. The molecule has 0 amide bonds. The number of carbonyl (C=O) groups excluding carboxylic acids is 1. The van der Waals surface area contributed by atoms with Gasteiger partial charge in [-0.15, -0.1) is 0 Å². The lowest BCUT2D eigenvalue weighted by Crippen LogP contribution is -2.12. The summed E-state index contributed by atoms with van der Waals surface area (Å²) in [6.45, 7) is 0. The maximum atomic E-state index is 13.8. The molecular weight excluding hydrogens is 447 g/mol. The number of sulfone groups is 1. The number of hydrogen-bond acceptors (Lipinski definition) is 8. The molecule has 0 saturated carbocycles. The average molecular weight is 460 g/mol. The maximum Gasteiger partial charge on any atom is 0.343 e. The van der Waals surface area contributed by atoms with E-state index in [1.165, 1.54) is 36.4 Å². The van der Waals surface area contributed by atoms with Gasteiger partial charge in [0, 0.05) is 17.7 Å². The van der Waals surface area contributed by atoms with Gasteiger partial charge in [0.05, 0.1) is 27.2 Å². The summed E-state index contributed by atoms with van der Waals surface area (Å²) >= 11 is 0. The lowest BCUT2D eigenvalue weighted by Gasteiger charge is -2.08. The first-order valence-corrected chi connectivity index (χ1v) is 10.4. The first-order chi connectivity index (χ1) is 15.1. The van der Waals surface area contributed by atoms with E-state index in [2.05, 4.69) is 0 Å². The van der Waals surface area contributed by atoms with Gasteiger partial charge in [0.2, 0.25) is 0 Å². The van der Waals surface area contributed by atoms with Crippen molar-refractivity contribution >= 4 is 27.2 Å². The standard InChI is InChI=1S/C20H13FN2O8S/c21-17-7-2-1-4-14(17)12-32(29,30)19-9-8-13(10-18(19)23(27)28)20(24)31-16-6-3-5-15(11-16)22(25)26/h1-11H,12H2. The fourth-order valence-electron chi connectivity index (χ4n) is 2.77. The topological polar surface area (TPSA) is 147 Å². The third-order valence-electron chi connectivity index (χ3n) is 4.27. The van der Waals surface area contributed by atoms with E-state index in [0.717, 1.165) is 24.3 Å². The second-order valence-corrected chi connectivity index (χ2v) is 8.39. The molecule has 0 fully saturated rings. The molecule has 0 heterocycles. The van der Waals surface area contributed by atoms with Crippen LogP contribution in [0.15, 0.2) is 71.6 Å². The molecule has 3 aromatic rings. The van der Waals surface area contributed by atoms with Crippen molar-refractivity contribution < 1.29 is 32.2 Å². The van der Waals surface area contributed by atoms with Crippen LogP contribution in [0.3, 0.4) is 0 Å². The molecule has 0 spiro atoms. The van der Waals surface area contributed by atoms with Gasteiger partial charge in [-0.2, -0.15) is 0 Å². The summed E-state index contributed by atoms with van der Waals surface area (Å²) in [6.07, 6.45) is 0. The molecule has 0 aliphatic heterocycles. The highest BCUT2D eigenvalue weighted by molar-refractivity contribution is 7.90. The van der Waals surface area contributed by atoms with Gasteiger partial charge >= 0.3 is 5.97 Å². The molecule has 0 aromatic heterocycles. The SMILES string of the molecule is O=C(Oc1cccc([N+](=O)[O-])c1)c1ccc(S(=O)(=O)Cc2ccccc2F)c([N+](=O)[O-])c1. The van der Waals surface area contributed by atoms with E-state index in [0.29, 0.717) is 6.07 Å². The van der Waals surface area contributed by atoms with Crippen molar-refractivity contribution in [3.63, 3.8) is 0 Å². The summed E-state index contributed by atoms with van der Waals surface area (Å²) < 4.78 is 44.2. The Labute approximate surface area is 180 Å². The van der Waals surface area contributed by atoms with Gasteiger partial charge in [-0.3, -0.25) is 20.2 Å². The van der Waals surface area contributed by atoms with E-state index < -0.39 is 47.8 Å². The number of rotatable bonds is 7. The molecular formula is C20H13FN2O8S. The van der Waals surface area contributed by atoms with Gasteiger partial charge in [0.1, 0.15) is 16.5 Å². The van der Waals surface area contributed by atoms with Crippen LogP contribution in [-0.2, 0) is 15.6 Å². The van der Waals surface area contributed by atoms with Crippen LogP contribution in [-0.4, -0.2) is 24.2 Å². The smallest absolute Gasteiger partial charge is 0.343 e. The fraction of sp³-hybridized carbons (Fsp3) is 0.0500. The maximum absolute atomic E-state index is 13.8. The minimum atomic E-state index is -4.34. The Bertz CT molecular complexity index is 1340. The first kappa shape index (κ1) is 22.5. The monoisotopic (exact) mass is 460 g/mol. The zero-order valence-electron chi connectivity index (χ0n) is 16.0. The van der Waals surface area contributed by atoms with Crippen molar-refractivity contribution in [1.82, 2.24) is 0 Å². The number of benzene rings is 3. The molecule has 0 atom stereocenters. The normalized spacial score (nSPS) is 11.0. The Morgan fingerprint density at radius 1 is 0.938 bits per heavy atom. The molecule has 10 nitrogen and oxygen atoms in total. The molecule has 3 rings (SSSR count). The lowest BCUT2D eigenvalue weighted by atomic mass is 10.2. The number of carbonyl (C=O) groups is 1. The highest BCUT2D eigenvalue weighted by atomic mass is 32.2. The van der Waals surface area contributed by atoms with E-state index in [1.54, 1.807) is 0 Å². The van der Waals surface area contributed by atoms with Crippen molar-refractivity contribution in [3.05, 3.63) is 104 Å². The van der Waals surface area contributed by atoms with Crippen molar-refractivity contribution in [2.75, 3.05) is 0 Å². The molecule has 3 aromatic carbocycles. The van der Waals surface area contributed by atoms with Gasteiger partial charge in [-0.25, -0.2) is 17.6 Å². The molecule has 32 heavy (non-hydrogen) atoms. The average Bonchev–Trinajstić information content (AvgIpc) is 2.75. The Balaban J connectivity index is 1.93. The van der Waals surface area contributed by atoms with Crippen molar-refractivity contribution in [3.8, 4) is 5.75 Å². The zero-order chi connectivity index (χ0) is 23.5. The summed E-state index contributed by atoms with van der Waals surface area (Å²) in [5.41, 5.74) is -1.75. The third kappa shape index (κ3) is 4.92. The number of non-ortho nitro benzene ring substituents is 1. The molecule has 12 heteroatoms. The summed E-state index contributed by atoms with van der Waals surface area (Å²) in [4.78, 5) is 32.3. The first-order valence-electron chi connectivity index (χ1n) is 8.80. The lowest BCUT2D eigenvalue weighted by molar-refractivity contribution is -0.387. The van der Waals surface area contributed by atoms with E-state index >= 15 is 0 Å². The van der Waals surface area contributed by atoms with Gasteiger partial charge in [-0.05, 0) is 24.3 Å². The van der Waals surface area contributed by atoms with Crippen LogP contribution in [0.5, 0.6) is 5.75 Å². The Morgan fingerprint density at radius 3 is 2.31 bits per heavy atom. The van der Waals surface area contributed by atoms with E-state index in [4.69, 9.17) is 4.74 Å². The van der Waals surface area contributed by atoms with Crippen molar-refractivity contribution in [2.45, 2.75) is 10.6 Å². The molecule has 0 N–H and O–H groups in total. The summed E-state index contributed by atoms with van der Waals surface area (Å²) in [5.74, 6) is -2.87. The van der Waals surface area contributed by atoms with E-state index in [1.807, 2.05) is 0 Å². The van der Waals surface area contributed by atoms with E-state index in [-0.39, 0.29) is 22.6 Å². The largest absolute Gasteiger partial charge is 0.423 e. The van der Waals surface area contributed by atoms with Crippen LogP contribution in [0.1, 0.15) is 15.9 Å². The van der Waals surface area contributed by atoms with Crippen molar-refractivity contribution in [2.24, 2.45) is 0 Å². The molecule has 0 bridgehead atoms. The third-order valence-corrected chi connectivity index (χ3v) is 5.98. The minimum absolute atomic E-state index is 0.170. The number of esters is 1. The highest BCUT2D eigenvalue weighted by Crippen LogP contribution is 2.29. The number of nitrogens with zero attached hydrogens (tertiary/aromatic N) is 2. The molecule has 0 aliphatic rings. The predicted molar refractivity (Wildman–Crippen MR) is 108 cm³/mol. The van der Waals surface area contributed by atoms with Gasteiger partial charge < -0.3 is 4.74 Å². The number of halogens is 1. The second kappa shape index (κ2) is 8.89. The van der Waals surface area contributed by atoms with Gasteiger partial charge in [-0.1, -0.05) is 24.3 Å². The molecule has 0 saturated heterocycles. The summed E-state index contributed by atoms with van der Waals surface area (Å²) in [6, 6.07) is 12.4. The fourth-order valence-corrected chi connectivity index (χ4v) is 4.30. The van der Waals surface area contributed by atoms with Crippen LogP contribution >= 0.6 is 0 Å². The Hall–Kier alpha value is -4.19. The number of nitro groups is 2. The summed E-state index contributed by atoms with van der Waals surface area (Å²) in [7, 11) is -4.34. The minimum Gasteiger partial charge on any atom is -0.423 e. The van der Waals surface area contributed by atoms with Crippen LogP contribution in [0, 0.1) is 26.0 Å². The number of hydrogen-bond donors (Lipinski definition) is 0. The van der Waals surface area contributed by atoms with Crippen LogP contribution in [0.4, 0.5) is 15.8 Å². The van der Waals surface area contributed by atoms with Crippen molar-refractivity contribution in [1.29, 1.82) is 0 Å². The highest BCUT2D eigenvalue weighted by Gasteiger charge is 2.28. The zero-order valence-corrected chi connectivity index (χ0v) is 16.8. The molecule has 0 unspecified atom stereocenters. The van der Waals surface area contributed by atoms with E-state index in [9.17, 15) is 37.8 Å². The molecule has 0 aliphatic carbocycles. The Kier molecular flexibility index (Phi) is 6.25. The van der Waals surface area contributed by atoms with Crippen LogP contribution < -0.4 is 4.74 Å². The van der Waals surface area contributed by atoms with Crippen LogP contribution in [0.2, 0.25) is 0 Å². The number of nitro benzene ring substituents is 2. The predicted octanol–water partition coefficient (Wildman–Crippen LogP) is 3.84. The Morgan fingerprint density at radius 2 is 1.66 bits per heavy atom. The molecule has 164 valence electrons. The van der Waals surface area contributed by atoms with Gasteiger partial charge in [0.15, 0.2) is 9.84 Å². The number of ether oxygens (including phenoxy) is 1. The molecule has 0 radical (unpaired) electrons. The van der Waals surface area contributed by atoms with Gasteiger partial charge in [0.25, 0.3) is 11.4 Å². The second-order valence-electron chi connectivity index (χ2n) is 6.43. The van der Waals surface area contributed by atoms with Crippen LogP contribution in [0.25, 0.3) is 0 Å². The quantitative estimate of drug-likeness (QED) is 0.224.